The molecule has 34 heavy (non-hydrogen) atoms. The molecule has 2 aromatic heterocycles. The number of nitrogens with one attached hydrogen (secondary N) is 2. The lowest BCUT2D eigenvalue weighted by Crippen LogP contribution is -2.23. The quantitative estimate of drug-likeness (QED) is 0.137. The van der Waals surface area contributed by atoms with Crippen LogP contribution in [0.2, 0.25) is 0 Å². The molecule has 0 spiro atoms. The largest absolute Gasteiger partial charge is 0.420 e. The van der Waals surface area contributed by atoms with Gasteiger partial charge < -0.3 is 19.6 Å². The van der Waals surface area contributed by atoms with Crippen molar-refractivity contribution in [3.8, 4) is 5.75 Å². The van der Waals surface area contributed by atoms with Crippen LogP contribution < -0.4 is 14.8 Å². The zero-order valence-electron chi connectivity index (χ0n) is 18.6. The summed E-state index contributed by atoms with van der Waals surface area (Å²) in [5, 5.41) is 7.05. The van der Waals surface area contributed by atoms with Crippen molar-refractivity contribution in [2.45, 2.75) is 63.6 Å². The van der Waals surface area contributed by atoms with Crippen LogP contribution in [-0.2, 0) is 4.74 Å². The molecule has 2 aliphatic rings. The Bertz CT molecular complexity index is 1090. The Hall–Kier alpha value is -0.630. The highest BCUT2D eigenvalue weighted by Gasteiger charge is 2.23. The molecule has 182 valence electrons. The molecule has 3 heterocycles. The molecule has 1 aromatic carbocycles. The molecule has 1 unspecified atom stereocenters. The number of hydrogen-bond acceptors (Lipinski definition) is 8. The maximum atomic E-state index is 6.04. The third-order valence-electron chi connectivity index (χ3n) is 6.13. The topological polar surface area (TPSA) is 86.1 Å². The molecule has 1 saturated heterocycles. The predicted octanol–water partition coefficient (Wildman–Crippen LogP) is 8.14. The molecule has 2 N–H and O–H groups in total. The third-order valence-corrected chi connectivity index (χ3v) is 9.97. The summed E-state index contributed by atoms with van der Waals surface area (Å²) in [6, 6.07) is 8.32. The number of benzene rings is 1. The average molecular weight is 724 g/mol. The van der Waals surface area contributed by atoms with Crippen LogP contribution in [0.4, 0.5) is 17.5 Å². The summed E-state index contributed by atoms with van der Waals surface area (Å²) in [7, 11) is 0. The van der Waals surface area contributed by atoms with E-state index in [-0.39, 0.29) is 8.64 Å². The highest BCUT2D eigenvalue weighted by Crippen LogP contribution is 2.64. The van der Waals surface area contributed by atoms with Gasteiger partial charge in [-0.05, 0) is 100 Å². The fourth-order valence-corrected chi connectivity index (χ4v) is 6.59. The van der Waals surface area contributed by atoms with E-state index in [1.165, 1.54) is 30.9 Å². The Balaban J connectivity index is 1.42. The van der Waals surface area contributed by atoms with Crippen LogP contribution in [0.1, 0.15) is 57.6 Å². The highest BCUT2D eigenvalue weighted by atomic mass is 127. The molecule has 8 nitrogen and oxygen atoms in total. The summed E-state index contributed by atoms with van der Waals surface area (Å²) < 4.78 is 13.6. The van der Waals surface area contributed by atoms with Crippen molar-refractivity contribution in [3.05, 3.63) is 30.6 Å². The summed E-state index contributed by atoms with van der Waals surface area (Å²) in [5.41, 5.74) is 2.52. The Morgan fingerprint density at radius 2 is 1.82 bits per heavy atom. The molecule has 5 rings (SSSR count). The standard InChI is InChI=1S/C22H27I2N6O2PS/c23-33(24)34-32-17-11-9-16(10-12-17)27-22-28-20(26-15-6-2-1-3-7-15)19-21(29-22)30(14-25-19)18-8-4-5-13-31-18/h9-12,14-15,18H,1-8,13H2,(H2,26,27,28,29). The second kappa shape index (κ2) is 12.1. The van der Waals surface area contributed by atoms with Crippen LogP contribution in [0.25, 0.3) is 11.2 Å². The minimum absolute atomic E-state index is 0.0285. The molecule has 0 bridgehead atoms. The average Bonchev–Trinajstić information content (AvgIpc) is 3.29. The van der Waals surface area contributed by atoms with Crippen molar-refractivity contribution < 1.29 is 8.92 Å². The van der Waals surface area contributed by atoms with Crippen LogP contribution in [0.3, 0.4) is 0 Å². The number of hydrogen-bond donors (Lipinski definition) is 2. The van der Waals surface area contributed by atoms with E-state index < -0.39 is 0 Å². The summed E-state index contributed by atoms with van der Waals surface area (Å²) >= 11 is 6.25. The van der Waals surface area contributed by atoms with Crippen LogP contribution in [0.5, 0.6) is 5.75 Å². The fourth-order valence-electron chi connectivity index (χ4n) is 4.46. The van der Waals surface area contributed by atoms with Gasteiger partial charge in [-0.2, -0.15) is 9.97 Å². The lowest BCUT2D eigenvalue weighted by molar-refractivity contribution is -0.0298. The first-order chi connectivity index (χ1) is 16.7. The number of fused-ring (bicyclic) bond motifs is 1. The molecular weight excluding hydrogens is 697 g/mol. The van der Waals surface area contributed by atoms with E-state index in [1.807, 2.05) is 30.6 Å². The zero-order valence-corrected chi connectivity index (χ0v) is 24.6. The van der Waals surface area contributed by atoms with Gasteiger partial charge in [0.15, 0.2) is 17.0 Å². The molecule has 0 radical (unpaired) electrons. The van der Waals surface area contributed by atoms with Gasteiger partial charge in [0.1, 0.15) is 26.0 Å². The van der Waals surface area contributed by atoms with Crippen molar-refractivity contribution >= 4 is 86.8 Å². The molecule has 12 heteroatoms. The summed E-state index contributed by atoms with van der Waals surface area (Å²) in [5.74, 6) is 2.18. The van der Waals surface area contributed by atoms with Gasteiger partial charge in [-0.15, -0.1) is 0 Å². The van der Waals surface area contributed by atoms with Crippen molar-refractivity contribution in [1.82, 2.24) is 19.5 Å². The van der Waals surface area contributed by atoms with Gasteiger partial charge in [-0.25, -0.2) is 4.98 Å². The van der Waals surface area contributed by atoms with Gasteiger partial charge in [-0.1, -0.05) is 19.3 Å². The summed E-state index contributed by atoms with van der Waals surface area (Å²) in [6.07, 6.45) is 11.2. The van der Waals surface area contributed by atoms with E-state index in [4.69, 9.17) is 23.9 Å². The number of rotatable bonds is 8. The smallest absolute Gasteiger partial charge is 0.231 e. The van der Waals surface area contributed by atoms with Gasteiger partial charge in [0.2, 0.25) is 5.95 Å². The molecule has 2 fully saturated rings. The van der Waals surface area contributed by atoms with Crippen LogP contribution >= 0.6 is 58.2 Å². The second-order valence-corrected chi connectivity index (χ2v) is 26.0. The SMILES string of the molecule is IP(I)SOc1ccc(Nc2nc(NC3CCCCC3)c3ncn(C4CCCCO4)c3n2)cc1. The number of imidazole rings is 1. The summed E-state index contributed by atoms with van der Waals surface area (Å²) in [4.78, 5) is 14.4. The minimum atomic E-state index is -0.231. The first-order valence-corrected chi connectivity index (χ1v) is 19.9. The maximum absolute atomic E-state index is 6.04. The van der Waals surface area contributed by atoms with E-state index in [1.54, 1.807) is 0 Å². The Kier molecular flexibility index (Phi) is 8.89. The number of halogens is 2. The first-order valence-electron chi connectivity index (χ1n) is 11.6. The number of aromatic nitrogens is 4. The normalized spacial score (nSPS) is 19.4. The van der Waals surface area contributed by atoms with Gasteiger partial charge in [0.05, 0.1) is 6.33 Å². The van der Waals surface area contributed by atoms with Crippen LogP contribution in [-0.4, -0.2) is 32.2 Å². The molecule has 3 aromatic rings. The number of ether oxygens (including phenoxy) is 1. The highest BCUT2D eigenvalue weighted by molar-refractivity contribution is 14.3. The van der Waals surface area contributed by atoms with Crippen molar-refractivity contribution in [1.29, 1.82) is 0 Å². The van der Waals surface area contributed by atoms with Crippen LogP contribution in [0.15, 0.2) is 30.6 Å². The van der Waals surface area contributed by atoms with Gasteiger partial charge in [0.25, 0.3) is 0 Å². The van der Waals surface area contributed by atoms with E-state index in [0.717, 1.165) is 67.1 Å². The number of nitrogens with zero attached hydrogens (tertiary/aromatic N) is 4. The molecule has 1 saturated carbocycles. The Morgan fingerprint density at radius 1 is 1.03 bits per heavy atom. The van der Waals surface area contributed by atoms with E-state index >= 15 is 0 Å². The predicted molar refractivity (Wildman–Crippen MR) is 158 cm³/mol. The molecule has 1 aliphatic carbocycles. The monoisotopic (exact) mass is 724 g/mol. The molecule has 0 amide bonds. The lowest BCUT2D eigenvalue weighted by Gasteiger charge is -2.25. The molecule has 1 atom stereocenters. The van der Waals surface area contributed by atoms with Gasteiger partial charge in [-0.3, -0.25) is 4.57 Å². The lowest BCUT2D eigenvalue weighted by atomic mass is 9.95. The van der Waals surface area contributed by atoms with Crippen molar-refractivity contribution in [3.63, 3.8) is 0 Å². The number of anilines is 3. The Labute approximate surface area is 230 Å². The minimum Gasteiger partial charge on any atom is -0.420 e. The zero-order chi connectivity index (χ0) is 23.3. The first kappa shape index (κ1) is 25.0. The molecular formula is C22H27I2N6O2PS. The van der Waals surface area contributed by atoms with Crippen molar-refractivity contribution in [2.24, 2.45) is 0 Å². The van der Waals surface area contributed by atoms with Gasteiger partial charge in [0, 0.05) is 18.3 Å². The Morgan fingerprint density at radius 3 is 2.56 bits per heavy atom. The van der Waals surface area contributed by atoms with Crippen LogP contribution in [0, 0.1) is 0 Å². The maximum Gasteiger partial charge on any atom is 0.231 e. The van der Waals surface area contributed by atoms with E-state index in [0.29, 0.717) is 12.0 Å². The van der Waals surface area contributed by atoms with Gasteiger partial charge >= 0.3 is 0 Å². The van der Waals surface area contributed by atoms with E-state index in [9.17, 15) is 0 Å². The molecule has 1 aliphatic heterocycles. The second-order valence-electron chi connectivity index (χ2n) is 8.53. The third kappa shape index (κ3) is 6.37. The fraction of sp³-hybridized carbons (Fsp3) is 0.500. The van der Waals surface area contributed by atoms with E-state index in [2.05, 4.69) is 59.3 Å². The summed E-state index contributed by atoms with van der Waals surface area (Å²) in [6.45, 7) is 0.775. The van der Waals surface area contributed by atoms with Crippen molar-refractivity contribution in [2.75, 3.05) is 17.2 Å².